The molecule has 0 aliphatic carbocycles. The molecular weight excluding hydrogens is 316 g/mol. The minimum atomic E-state index is -1.42. The van der Waals surface area contributed by atoms with Gasteiger partial charge in [-0.05, 0) is 19.3 Å². The zero-order valence-electron chi connectivity index (χ0n) is 17.0. The third-order valence-electron chi connectivity index (χ3n) is 4.88. The molecule has 3 unspecified atom stereocenters. The van der Waals surface area contributed by atoms with E-state index in [1.807, 2.05) is 13.8 Å². The predicted octanol–water partition coefficient (Wildman–Crippen LogP) is 5.20. The summed E-state index contributed by atoms with van der Waals surface area (Å²) in [5, 5.41) is 18.7. The van der Waals surface area contributed by atoms with E-state index in [-0.39, 0.29) is 11.8 Å². The monoisotopic (exact) mass is 358 g/mol. The van der Waals surface area contributed by atoms with Gasteiger partial charge in [0.1, 0.15) is 6.10 Å². The second-order valence-corrected chi connectivity index (χ2v) is 7.74. The van der Waals surface area contributed by atoms with Crippen molar-refractivity contribution in [2.75, 3.05) is 0 Å². The molecule has 0 aliphatic rings. The predicted molar refractivity (Wildman–Crippen MR) is 103 cm³/mol. The van der Waals surface area contributed by atoms with Gasteiger partial charge in [-0.1, -0.05) is 91.4 Å². The Hall–Kier alpha value is -0.610. The van der Waals surface area contributed by atoms with E-state index >= 15 is 0 Å². The highest BCUT2D eigenvalue weighted by Crippen LogP contribution is 2.22. The number of esters is 1. The van der Waals surface area contributed by atoms with Crippen LogP contribution in [0.25, 0.3) is 0 Å². The second-order valence-electron chi connectivity index (χ2n) is 7.74. The van der Waals surface area contributed by atoms with Crippen LogP contribution in [0.5, 0.6) is 0 Å². The number of aliphatic hydroxyl groups is 2. The fraction of sp³-hybridized carbons (Fsp3) is 0.952. The highest BCUT2D eigenvalue weighted by atomic mass is 16.6. The number of carbonyl (C=O) groups is 1. The van der Waals surface area contributed by atoms with Crippen molar-refractivity contribution in [2.24, 2.45) is 11.8 Å². The van der Waals surface area contributed by atoms with Crippen LogP contribution in [0.2, 0.25) is 0 Å². The quantitative estimate of drug-likeness (QED) is 0.226. The van der Waals surface area contributed by atoms with E-state index in [1.54, 1.807) is 0 Å². The molecule has 0 fully saturated rings. The van der Waals surface area contributed by atoms with Crippen molar-refractivity contribution in [2.45, 2.75) is 117 Å². The molecule has 4 nitrogen and oxygen atoms in total. The normalized spacial score (nSPS) is 15.2. The van der Waals surface area contributed by atoms with Gasteiger partial charge in [0, 0.05) is 0 Å². The third-order valence-corrected chi connectivity index (χ3v) is 4.88. The molecule has 0 saturated carbocycles. The summed E-state index contributed by atoms with van der Waals surface area (Å²) < 4.78 is 4.95. The van der Waals surface area contributed by atoms with Crippen LogP contribution in [0, 0.1) is 11.8 Å². The molecular formula is C21H42O4. The molecule has 25 heavy (non-hydrogen) atoms. The molecule has 2 N–H and O–H groups in total. The summed E-state index contributed by atoms with van der Waals surface area (Å²) in [6, 6.07) is 0. The Morgan fingerprint density at radius 1 is 0.800 bits per heavy atom. The molecule has 0 aliphatic heterocycles. The summed E-state index contributed by atoms with van der Waals surface area (Å²) >= 11 is 0. The average Bonchev–Trinajstić information content (AvgIpc) is 2.55. The number of unbranched alkanes of at least 4 members (excludes halogenated alkanes) is 10. The van der Waals surface area contributed by atoms with Crippen LogP contribution in [0.1, 0.15) is 105 Å². The zero-order valence-corrected chi connectivity index (χ0v) is 17.0. The maximum atomic E-state index is 12.1. The van der Waals surface area contributed by atoms with E-state index in [0.29, 0.717) is 0 Å². The Kier molecular flexibility index (Phi) is 15.2. The van der Waals surface area contributed by atoms with Crippen LogP contribution in [-0.2, 0) is 9.53 Å². The van der Waals surface area contributed by atoms with Crippen molar-refractivity contribution in [3.63, 3.8) is 0 Å². The SMILES string of the molecule is CCCCCCCCCCCCCC(C(=O)OC(O)C(C)O)C(C)C. The second kappa shape index (κ2) is 15.6. The Morgan fingerprint density at radius 2 is 1.24 bits per heavy atom. The molecule has 4 heteroatoms. The summed E-state index contributed by atoms with van der Waals surface area (Å²) in [7, 11) is 0. The Balaban J connectivity index is 3.75. The van der Waals surface area contributed by atoms with Crippen molar-refractivity contribution >= 4 is 5.97 Å². The van der Waals surface area contributed by atoms with E-state index in [2.05, 4.69) is 6.92 Å². The molecule has 0 rings (SSSR count). The van der Waals surface area contributed by atoms with E-state index in [4.69, 9.17) is 4.74 Å². The lowest BCUT2D eigenvalue weighted by molar-refractivity contribution is -0.190. The van der Waals surface area contributed by atoms with Crippen molar-refractivity contribution in [1.82, 2.24) is 0 Å². The number of rotatable bonds is 16. The number of hydrogen-bond acceptors (Lipinski definition) is 4. The minimum absolute atomic E-state index is 0.178. The van der Waals surface area contributed by atoms with Gasteiger partial charge in [0.25, 0.3) is 0 Å². The lowest BCUT2D eigenvalue weighted by Crippen LogP contribution is -2.33. The minimum Gasteiger partial charge on any atom is -0.433 e. The van der Waals surface area contributed by atoms with Crippen LogP contribution >= 0.6 is 0 Å². The molecule has 0 aromatic heterocycles. The van der Waals surface area contributed by atoms with Gasteiger partial charge in [-0.25, -0.2) is 0 Å². The Bertz CT molecular complexity index is 315. The van der Waals surface area contributed by atoms with Gasteiger partial charge in [0.15, 0.2) is 0 Å². The van der Waals surface area contributed by atoms with E-state index in [0.717, 1.165) is 19.3 Å². The van der Waals surface area contributed by atoms with Gasteiger partial charge >= 0.3 is 5.97 Å². The van der Waals surface area contributed by atoms with E-state index in [9.17, 15) is 15.0 Å². The van der Waals surface area contributed by atoms with Gasteiger partial charge in [-0.2, -0.15) is 0 Å². The van der Waals surface area contributed by atoms with Gasteiger partial charge in [-0.15, -0.1) is 0 Å². The molecule has 0 amide bonds. The third kappa shape index (κ3) is 13.3. The summed E-state index contributed by atoms with van der Waals surface area (Å²) in [5.41, 5.74) is 0. The van der Waals surface area contributed by atoms with Gasteiger partial charge in [0.2, 0.25) is 6.29 Å². The summed E-state index contributed by atoms with van der Waals surface area (Å²) in [4.78, 5) is 12.1. The van der Waals surface area contributed by atoms with Crippen LogP contribution in [0.4, 0.5) is 0 Å². The molecule has 0 heterocycles. The maximum Gasteiger partial charge on any atom is 0.311 e. The number of hydrogen-bond donors (Lipinski definition) is 2. The standard InChI is InChI=1S/C21H42O4/c1-5-6-7-8-9-10-11-12-13-14-15-16-19(17(2)3)21(24)25-20(23)18(4)22/h17-20,22-23H,5-16H2,1-4H3. The lowest BCUT2D eigenvalue weighted by atomic mass is 9.90. The number of ether oxygens (including phenoxy) is 1. The molecule has 150 valence electrons. The van der Waals surface area contributed by atoms with E-state index in [1.165, 1.54) is 64.7 Å². The smallest absolute Gasteiger partial charge is 0.311 e. The van der Waals surface area contributed by atoms with E-state index < -0.39 is 18.4 Å². The van der Waals surface area contributed by atoms with Crippen LogP contribution in [0.3, 0.4) is 0 Å². The molecule has 0 bridgehead atoms. The molecule has 3 atom stereocenters. The average molecular weight is 359 g/mol. The van der Waals surface area contributed by atoms with Crippen molar-refractivity contribution in [3.8, 4) is 0 Å². The fourth-order valence-corrected chi connectivity index (χ4v) is 3.06. The topological polar surface area (TPSA) is 66.8 Å². The van der Waals surface area contributed by atoms with Gasteiger partial charge < -0.3 is 14.9 Å². The molecule has 0 aromatic carbocycles. The van der Waals surface area contributed by atoms with Crippen molar-refractivity contribution in [3.05, 3.63) is 0 Å². The fourth-order valence-electron chi connectivity index (χ4n) is 3.06. The molecule has 0 radical (unpaired) electrons. The van der Waals surface area contributed by atoms with Crippen LogP contribution in [0.15, 0.2) is 0 Å². The largest absolute Gasteiger partial charge is 0.433 e. The van der Waals surface area contributed by atoms with Crippen LogP contribution < -0.4 is 0 Å². The Labute approximate surface area is 155 Å². The van der Waals surface area contributed by atoms with Crippen LogP contribution in [-0.4, -0.2) is 28.6 Å². The van der Waals surface area contributed by atoms with Crippen molar-refractivity contribution < 1.29 is 19.7 Å². The molecule has 0 aromatic rings. The first-order valence-electron chi connectivity index (χ1n) is 10.5. The maximum absolute atomic E-state index is 12.1. The molecule has 0 saturated heterocycles. The highest BCUT2D eigenvalue weighted by molar-refractivity contribution is 5.72. The zero-order chi connectivity index (χ0) is 19.1. The first-order valence-corrected chi connectivity index (χ1v) is 10.5. The number of aliphatic hydroxyl groups excluding tert-OH is 2. The summed E-state index contributed by atoms with van der Waals surface area (Å²) in [6.45, 7) is 7.66. The Morgan fingerprint density at radius 3 is 1.64 bits per heavy atom. The highest BCUT2D eigenvalue weighted by Gasteiger charge is 2.26. The van der Waals surface area contributed by atoms with Gasteiger partial charge in [-0.3, -0.25) is 4.79 Å². The number of carbonyl (C=O) groups excluding carboxylic acids is 1. The van der Waals surface area contributed by atoms with Crippen molar-refractivity contribution in [1.29, 1.82) is 0 Å². The first kappa shape index (κ1) is 24.4. The summed E-state index contributed by atoms with van der Waals surface area (Å²) in [6.07, 6.45) is 12.5. The molecule has 0 spiro atoms. The van der Waals surface area contributed by atoms with Gasteiger partial charge in [0.05, 0.1) is 5.92 Å². The summed E-state index contributed by atoms with van der Waals surface area (Å²) in [5.74, 6) is -0.417. The first-order chi connectivity index (χ1) is 11.9. The lowest BCUT2D eigenvalue weighted by Gasteiger charge is -2.22.